The van der Waals surface area contributed by atoms with E-state index in [1.54, 1.807) is 6.08 Å². The smallest absolute Gasteiger partial charge is 0.119 e. The minimum Gasteiger partial charge on any atom is -0.494 e. The fourth-order valence-electron chi connectivity index (χ4n) is 1.35. The zero-order chi connectivity index (χ0) is 10.9. The highest BCUT2D eigenvalue weighted by molar-refractivity contribution is 5.50. The second kappa shape index (κ2) is 7.10. The van der Waals surface area contributed by atoms with E-state index in [-0.39, 0.29) is 0 Å². The van der Waals surface area contributed by atoms with Crippen molar-refractivity contribution in [3.05, 3.63) is 42.8 Å². The van der Waals surface area contributed by atoms with Crippen LogP contribution in [0, 0.1) is 6.92 Å². The summed E-state index contributed by atoms with van der Waals surface area (Å²) < 4.78 is 5.60. The molecule has 0 atom stereocenters. The Kier molecular flexibility index (Phi) is 5.60. The fraction of sp³-hybridized carbons (Fsp3) is 0.357. The number of hydrogen-bond acceptors (Lipinski definition) is 1. The van der Waals surface area contributed by atoms with E-state index in [2.05, 4.69) is 13.8 Å². The lowest BCUT2D eigenvalue weighted by atomic mass is 10.2. The zero-order valence-corrected chi connectivity index (χ0v) is 9.41. The van der Waals surface area contributed by atoms with Gasteiger partial charge in [-0.3, -0.25) is 0 Å². The van der Waals surface area contributed by atoms with Crippen molar-refractivity contribution in [3.63, 3.8) is 0 Å². The molecule has 1 nitrogen and oxygen atoms in total. The van der Waals surface area contributed by atoms with Crippen LogP contribution in [0.15, 0.2) is 30.3 Å². The molecule has 0 N–H and O–H groups in total. The van der Waals surface area contributed by atoms with E-state index >= 15 is 0 Å². The van der Waals surface area contributed by atoms with Gasteiger partial charge in [0.1, 0.15) is 5.75 Å². The van der Waals surface area contributed by atoms with Crippen molar-refractivity contribution in [2.75, 3.05) is 6.61 Å². The van der Waals surface area contributed by atoms with Crippen LogP contribution in [0.25, 0.3) is 6.08 Å². The minimum atomic E-state index is 0.818. The van der Waals surface area contributed by atoms with Gasteiger partial charge < -0.3 is 4.74 Å². The number of hydrogen-bond donors (Lipinski definition) is 0. The van der Waals surface area contributed by atoms with Crippen molar-refractivity contribution >= 4 is 6.08 Å². The van der Waals surface area contributed by atoms with Crippen LogP contribution in [0.5, 0.6) is 5.75 Å². The van der Waals surface area contributed by atoms with Crippen molar-refractivity contribution in [2.45, 2.75) is 26.2 Å². The largest absolute Gasteiger partial charge is 0.494 e. The highest BCUT2D eigenvalue weighted by Crippen LogP contribution is 2.13. The van der Waals surface area contributed by atoms with Gasteiger partial charge in [0.05, 0.1) is 6.61 Å². The lowest BCUT2D eigenvalue weighted by Gasteiger charge is -2.05. The molecule has 0 aliphatic carbocycles. The van der Waals surface area contributed by atoms with E-state index in [0.717, 1.165) is 24.3 Å². The normalized spacial score (nSPS) is 10.8. The van der Waals surface area contributed by atoms with Crippen LogP contribution in [-0.2, 0) is 0 Å². The Balaban J connectivity index is 2.36. The molecule has 0 unspecified atom stereocenters. The molecule has 15 heavy (non-hydrogen) atoms. The first-order valence-electron chi connectivity index (χ1n) is 5.55. The van der Waals surface area contributed by atoms with Gasteiger partial charge in [-0.1, -0.05) is 44.1 Å². The third kappa shape index (κ3) is 4.68. The summed E-state index contributed by atoms with van der Waals surface area (Å²) in [5.41, 5.74) is 1.16. The SMILES string of the molecule is [CH2]/C=C/c1ccc(OCCCCC)cc1. The molecule has 0 bridgehead atoms. The summed E-state index contributed by atoms with van der Waals surface area (Å²) >= 11 is 0. The average Bonchev–Trinajstić information content (AvgIpc) is 2.27. The quantitative estimate of drug-likeness (QED) is 0.632. The van der Waals surface area contributed by atoms with E-state index in [4.69, 9.17) is 4.74 Å². The summed E-state index contributed by atoms with van der Waals surface area (Å²) in [6.45, 7) is 6.67. The minimum absolute atomic E-state index is 0.818. The predicted octanol–water partition coefficient (Wildman–Crippen LogP) is 4.10. The molecule has 81 valence electrons. The van der Waals surface area contributed by atoms with E-state index in [0.29, 0.717) is 0 Å². The Hall–Kier alpha value is -1.24. The molecular formula is C14H19O. The average molecular weight is 203 g/mol. The van der Waals surface area contributed by atoms with Crippen molar-refractivity contribution in [3.8, 4) is 5.75 Å². The highest BCUT2D eigenvalue weighted by atomic mass is 16.5. The van der Waals surface area contributed by atoms with Crippen LogP contribution in [0.4, 0.5) is 0 Å². The molecule has 1 rings (SSSR count). The molecule has 0 amide bonds. The molecule has 0 fully saturated rings. The first kappa shape index (κ1) is 11.8. The number of ether oxygens (including phenoxy) is 1. The second-order valence-corrected chi connectivity index (χ2v) is 3.53. The Morgan fingerprint density at radius 1 is 1.20 bits per heavy atom. The van der Waals surface area contributed by atoms with Gasteiger partial charge in [0.15, 0.2) is 0 Å². The number of unbranched alkanes of at least 4 members (excludes halogenated alkanes) is 2. The summed E-state index contributed by atoms with van der Waals surface area (Å²) in [4.78, 5) is 0. The molecule has 1 radical (unpaired) electrons. The number of benzene rings is 1. The molecule has 1 aromatic rings. The summed E-state index contributed by atoms with van der Waals surface area (Å²) in [6, 6.07) is 8.08. The molecule has 0 spiro atoms. The fourth-order valence-corrected chi connectivity index (χ4v) is 1.35. The van der Waals surface area contributed by atoms with Crippen molar-refractivity contribution in [2.24, 2.45) is 0 Å². The van der Waals surface area contributed by atoms with Crippen molar-refractivity contribution in [1.29, 1.82) is 0 Å². The van der Waals surface area contributed by atoms with Gasteiger partial charge in [-0.05, 0) is 31.0 Å². The van der Waals surface area contributed by atoms with Gasteiger partial charge in [0, 0.05) is 0 Å². The maximum absolute atomic E-state index is 5.60. The molecule has 1 aromatic carbocycles. The summed E-state index contributed by atoms with van der Waals surface area (Å²) in [7, 11) is 0. The van der Waals surface area contributed by atoms with Gasteiger partial charge >= 0.3 is 0 Å². The molecule has 0 aromatic heterocycles. The van der Waals surface area contributed by atoms with Crippen molar-refractivity contribution in [1.82, 2.24) is 0 Å². The van der Waals surface area contributed by atoms with E-state index < -0.39 is 0 Å². The first-order chi connectivity index (χ1) is 7.36. The monoisotopic (exact) mass is 203 g/mol. The number of rotatable bonds is 6. The second-order valence-electron chi connectivity index (χ2n) is 3.53. The van der Waals surface area contributed by atoms with Crippen LogP contribution in [0.1, 0.15) is 31.7 Å². The highest BCUT2D eigenvalue weighted by Gasteiger charge is 1.93. The predicted molar refractivity (Wildman–Crippen MR) is 65.9 cm³/mol. The molecule has 0 heterocycles. The van der Waals surface area contributed by atoms with E-state index in [9.17, 15) is 0 Å². The Labute approximate surface area is 92.8 Å². The van der Waals surface area contributed by atoms with Gasteiger partial charge in [-0.25, -0.2) is 0 Å². The van der Waals surface area contributed by atoms with Crippen LogP contribution >= 0.6 is 0 Å². The summed E-state index contributed by atoms with van der Waals surface area (Å²) in [5, 5.41) is 0. The Morgan fingerprint density at radius 3 is 2.53 bits per heavy atom. The van der Waals surface area contributed by atoms with Crippen LogP contribution in [0.3, 0.4) is 0 Å². The zero-order valence-electron chi connectivity index (χ0n) is 9.41. The molecular weight excluding hydrogens is 184 g/mol. The molecule has 1 heteroatoms. The van der Waals surface area contributed by atoms with E-state index in [1.807, 2.05) is 30.3 Å². The Morgan fingerprint density at radius 2 is 1.93 bits per heavy atom. The third-order valence-electron chi connectivity index (χ3n) is 2.21. The number of allylic oxidation sites excluding steroid dienone is 1. The molecule has 0 aliphatic rings. The van der Waals surface area contributed by atoms with Crippen LogP contribution < -0.4 is 4.74 Å². The van der Waals surface area contributed by atoms with Crippen LogP contribution in [-0.4, -0.2) is 6.61 Å². The summed E-state index contributed by atoms with van der Waals surface area (Å²) in [5.74, 6) is 0.951. The Bertz CT molecular complexity index is 285. The maximum Gasteiger partial charge on any atom is 0.119 e. The van der Waals surface area contributed by atoms with Gasteiger partial charge in [0.2, 0.25) is 0 Å². The molecule has 0 aliphatic heterocycles. The summed E-state index contributed by atoms with van der Waals surface area (Å²) in [6.07, 6.45) is 7.37. The van der Waals surface area contributed by atoms with Gasteiger partial charge in [0.25, 0.3) is 0 Å². The molecule has 0 saturated carbocycles. The maximum atomic E-state index is 5.60. The van der Waals surface area contributed by atoms with Crippen LogP contribution in [0.2, 0.25) is 0 Å². The third-order valence-corrected chi connectivity index (χ3v) is 2.21. The van der Waals surface area contributed by atoms with Crippen molar-refractivity contribution < 1.29 is 4.74 Å². The lowest BCUT2D eigenvalue weighted by molar-refractivity contribution is 0.306. The lowest BCUT2D eigenvalue weighted by Crippen LogP contribution is -1.96. The van der Waals surface area contributed by atoms with E-state index in [1.165, 1.54) is 12.8 Å². The molecule has 0 saturated heterocycles. The standard InChI is InChI=1S/C14H19O/c1-3-5-6-12-15-14-10-8-13(7-4-2)9-11-14/h4,7-11H,2-3,5-6,12H2,1H3/b7-4+. The van der Waals surface area contributed by atoms with Gasteiger partial charge in [-0.15, -0.1) is 0 Å². The topological polar surface area (TPSA) is 9.23 Å². The van der Waals surface area contributed by atoms with Gasteiger partial charge in [-0.2, -0.15) is 0 Å². The first-order valence-corrected chi connectivity index (χ1v) is 5.55.